The number of rotatable bonds is 5. The molecule has 0 aliphatic heterocycles. The first-order valence-corrected chi connectivity index (χ1v) is 8.63. The number of hydrogen-bond donors (Lipinski definition) is 2. The number of aryl methyl sites for hydroxylation is 1. The van der Waals surface area contributed by atoms with E-state index in [1.807, 2.05) is 12.1 Å². The second-order valence-electron chi connectivity index (χ2n) is 5.23. The molecule has 0 spiro atoms. The maximum Gasteiger partial charge on any atom is 0.229 e. The number of nitrogens with one attached hydrogen (secondary N) is 2. The Balaban J connectivity index is 2.04. The van der Waals surface area contributed by atoms with Crippen molar-refractivity contribution in [3.63, 3.8) is 0 Å². The van der Waals surface area contributed by atoms with Crippen molar-refractivity contribution >= 4 is 21.4 Å². The molecule has 21 heavy (non-hydrogen) atoms. The molecule has 0 fully saturated rings. The predicted molar refractivity (Wildman–Crippen MR) is 88.1 cm³/mol. The molecule has 0 saturated heterocycles. The Morgan fingerprint density at radius 3 is 1.95 bits per heavy atom. The highest BCUT2D eigenvalue weighted by atomic mass is 32.2. The van der Waals surface area contributed by atoms with Crippen LogP contribution in [0.15, 0.2) is 48.5 Å². The van der Waals surface area contributed by atoms with E-state index in [0.29, 0.717) is 5.69 Å². The Kier molecular flexibility index (Phi) is 4.53. The van der Waals surface area contributed by atoms with Gasteiger partial charge in [0.05, 0.1) is 6.26 Å². The quantitative estimate of drug-likeness (QED) is 0.888. The zero-order valence-electron chi connectivity index (χ0n) is 12.4. The first-order valence-electron chi connectivity index (χ1n) is 6.74. The third-order valence-electron chi connectivity index (χ3n) is 3.15. The topological polar surface area (TPSA) is 58.2 Å². The molecule has 0 saturated carbocycles. The van der Waals surface area contributed by atoms with E-state index in [9.17, 15) is 8.42 Å². The van der Waals surface area contributed by atoms with E-state index in [-0.39, 0.29) is 6.04 Å². The van der Waals surface area contributed by atoms with Crippen LogP contribution in [0, 0.1) is 6.92 Å². The molecule has 1 unspecified atom stereocenters. The van der Waals surface area contributed by atoms with Crippen LogP contribution < -0.4 is 10.0 Å². The van der Waals surface area contributed by atoms with Crippen molar-refractivity contribution in [1.82, 2.24) is 0 Å². The fourth-order valence-electron chi connectivity index (χ4n) is 2.04. The molecule has 0 aliphatic rings. The van der Waals surface area contributed by atoms with Gasteiger partial charge >= 0.3 is 0 Å². The standard InChI is InChI=1S/C16H20N2O2S/c1-12-4-6-14(7-5-12)13(2)17-15-8-10-16(11-9-15)18-21(3,19)20/h4-11,13,17-18H,1-3H3. The van der Waals surface area contributed by atoms with Gasteiger partial charge in [-0.15, -0.1) is 0 Å². The van der Waals surface area contributed by atoms with Gasteiger partial charge in [0, 0.05) is 17.4 Å². The van der Waals surface area contributed by atoms with Crippen molar-refractivity contribution < 1.29 is 8.42 Å². The normalized spacial score (nSPS) is 12.7. The van der Waals surface area contributed by atoms with Gasteiger partial charge in [0.25, 0.3) is 0 Å². The Morgan fingerprint density at radius 2 is 1.43 bits per heavy atom. The summed E-state index contributed by atoms with van der Waals surface area (Å²) < 4.78 is 24.7. The van der Waals surface area contributed by atoms with E-state index in [1.54, 1.807) is 12.1 Å². The summed E-state index contributed by atoms with van der Waals surface area (Å²) in [4.78, 5) is 0. The highest BCUT2D eigenvalue weighted by Gasteiger charge is 2.06. The van der Waals surface area contributed by atoms with Crippen molar-refractivity contribution in [2.24, 2.45) is 0 Å². The van der Waals surface area contributed by atoms with Gasteiger partial charge in [0.1, 0.15) is 0 Å². The van der Waals surface area contributed by atoms with E-state index in [0.717, 1.165) is 11.9 Å². The summed E-state index contributed by atoms with van der Waals surface area (Å²) in [5.41, 5.74) is 3.95. The third-order valence-corrected chi connectivity index (χ3v) is 3.76. The van der Waals surface area contributed by atoms with Crippen LogP contribution in [0.5, 0.6) is 0 Å². The van der Waals surface area contributed by atoms with Gasteiger partial charge < -0.3 is 5.32 Å². The Labute approximate surface area is 126 Å². The van der Waals surface area contributed by atoms with E-state index in [2.05, 4.69) is 48.2 Å². The average Bonchev–Trinajstić information content (AvgIpc) is 2.40. The zero-order valence-corrected chi connectivity index (χ0v) is 13.2. The van der Waals surface area contributed by atoms with Crippen LogP contribution in [0.2, 0.25) is 0 Å². The summed E-state index contributed by atoms with van der Waals surface area (Å²) >= 11 is 0. The lowest BCUT2D eigenvalue weighted by molar-refractivity contribution is 0.607. The molecule has 2 aromatic rings. The molecule has 0 radical (unpaired) electrons. The molecule has 5 heteroatoms. The minimum Gasteiger partial charge on any atom is -0.379 e. The second kappa shape index (κ2) is 6.18. The highest BCUT2D eigenvalue weighted by Crippen LogP contribution is 2.21. The molecule has 2 rings (SSSR count). The summed E-state index contributed by atoms with van der Waals surface area (Å²) in [5, 5.41) is 3.39. The van der Waals surface area contributed by atoms with Crippen molar-refractivity contribution in [1.29, 1.82) is 0 Å². The van der Waals surface area contributed by atoms with Gasteiger partial charge in [-0.2, -0.15) is 0 Å². The average molecular weight is 304 g/mol. The van der Waals surface area contributed by atoms with Crippen molar-refractivity contribution in [2.45, 2.75) is 19.9 Å². The predicted octanol–water partition coefficient (Wildman–Crippen LogP) is 3.54. The van der Waals surface area contributed by atoms with E-state index >= 15 is 0 Å². The number of anilines is 2. The van der Waals surface area contributed by atoms with E-state index < -0.39 is 10.0 Å². The fraction of sp³-hybridized carbons (Fsp3) is 0.250. The number of sulfonamides is 1. The van der Waals surface area contributed by atoms with E-state index in [1.165, 1.54) is 11.1 Å². The number of benzene rings is 2. The van der Waals surface area contributed by atoms with Crippen LogP contribution in [0.1, 0.15) is 24.1 Å². The summed E-state index contributed by atoms with van der Waals surface area (Å²) in [5.74, 6) is 0. The zero-order chi connectivity index (χ0) is 15.5. The molecule has 2 aromatic carbocycles. The lowest BCUT2D eigenvalue weighted by Gasteiger charge is -2.16. The van der Waals surface area contributed by atoms with Crippen LogP contribution in [-0.2, 0) is 10.0 Å². The monoisotopic (exact) mass is 304 g/mol. The van der Waals surface area contributed by atoms with Crippen molar-refractivity contribution in [3.8, 4) is 0 Å². The van der Waals surface area contributed by atoms with Gasteiger partial charge in [-0.25, -0.2) is 8.42 Å². The maximum atomic E-state index is 11.1. The molecule has 1 atom stereocenters. The van der Waals surface area contributed by atoms with Crippen LogP contribution in [0.3, 0.4) is 0 Å². The minimum atomic E-state index is -3.23. The van der Waals surface area contributed by atoms with Crippen LogP contribution in [0.4, 0.5) is 11.4 Å². The second-order valence-corrected chi connectivity index (χ2v) is 6.98. The third kappa shape index (κ3) is 4.79. The summed E-state index contributed by atoms with van der Waals surface area (Å²) in [7, 11) is -3.23. The largest absolute Gasteiger partial charge is 0.379 e. The molecule has 2 N–H and O–H groups in total. The van der Waals surface area contributed by atoms with Crippen molar-refractivity contribution in [3.05, 3.63) is 59.7 Å². The molecule has 0 aliphatic carbocycles. The summed E-state index contributed by atoms with van der Waals surface area (Å²) in [6.07, 6.45) is 1.14. The molecule has 112 valence electrons. The molecular weight excluding hydrogens is 284 g/mol. The first kappa shape index (κ1) is 15.4. The lowest BCUT2D eigenvalue weighted by Crippen LogP contribution is -2.10. The van der Waals surface area contributed by atoms with Gasteiger partial charge in [-0.05, 0) is 43.7 Å². The molecule has 0 heterocycles. The Bertz CT molecular complexity index is 692. The highest BCUT2D eigenvalue weighted by molar-refractivity contribution is 7.92. The number of hydrogen-bond acceptors (Lipinski definition) is 3. The van der Waals surface area contributed by atoms with Gasteiger partial charge in [-0.1, -0.05) is 29.8 Å². The molecule has 0 amide bonds. The van der Waals surface area contributed by atoms with Crippen LogP contribution in [0.25, 0.3) is 0 Å². The molecule has 0 bridgehead atoms. The molecule has 0 aromatic heterocycles. The smallest absolute Gasteiger partial charge is 0.229 e. The SMILES string of the molecule is Cc1ccc(C(C)Nc2ccc(NS(C)(=O)=O)cc2)cc1. The molecular formula is C16H20N2O2S. The van der Waals surface area contributed by atoms with Gasteiger partial charge in [0.15, 0.2) is 0 Å². The Morgan fingerprint density at radius 1 is 0.905 bits per heavy atom. The maximum absolute atomic E-state index is 11.1. The molecule has 4 nitrogen and oxygen atoms in total. The van der Waals surface area contributed by atoms with Crippen LogP contribution >= 0.6 is 0 Å². The van der Waals surface area contributed by atoms with Gasteiger partial charge in [0.2, 0.25) is 10.0 Å². The van der Waals surface area contributed by atoms with Crippen molar-refractivity contribution in [2.75, 3.05) is 16.3 Å². The lowest BCUT2D eigenvalue weighted by atomic mass is 10.1. The minimum absolute atomic E-state index is 0.180. The summed E-state index contributed by atoms with van der Waals surface area (Å²) in [6, 6.07) is 15.8. The summed E-state index contributed by atoms with van der Waals surface area (Å²) in [6.45, 7) is 4.16. The fourth-order valence-corrected chi connectivity index (χ4v) is 2.60. The Hall–Kier alpha value is -2.01. The van der Waals surface area contributed by atoms with Crippen LogP contribution in [-0.4, -0.2) is 14.7 Å². The van der Waals surface area contributed by atoms with E-state index in [4.69, 9.17) is 0 Å². The van der Waals surface area contributed by atoms with Gasteiger partial charge in [-0.3, -0.25) is 4.72 Å². The first-order chi connectivity index (χ1) is 9.83.